The Morgan fingerprint density at radius 2 is 1.85 bits per heavy atom. The van der Waals surface area contributed by atoms with Crippen molar-refractivity contribution in [3.05, 3.63) is 24.3 Å². The topological polar surface area (TPSA) is 90.0 Å². The van der Waals surface area contributed by atoms with Crippen molar-refractivity contribution in [3.8, 4) is 0 Å². The Morgan fingerprint density at radius 1 is 1.15 bits per heavy atom. The Labute approximate surface area is 160 Å². The van der Waals surface area contributed by atoms with Gasteiger partial charge >= 0.3 is 0 Å². The van der Waals surface area contributed by atoms with Gasteiger partial charge in [0, 0.05) is 51.5 Å². The van der Waals surface area contributed by atoms with Crippen molar-refractivity contribution in [1.29, 1.82) is 0 Å². The average Bonchev–Trinajstić information content (AvgIpc) is 3.08. The SMILES string of the molecule is CN(C)S(=O)(=O)N1CCC[C@@H](C(=O)Nc2ccc(N3CCCC3=O)cc2)C1. The summed E-state index contributed by atoms with van der Waals surface area (Å²) in [5, 5.41) is 2.86. The zero-order chi connectivity index (χ0) is 19.6. The van der Waals surface area contributed by atoms with E-state index in [1.807, 2.05) is 12.1 Å². The van der Waals surface area contributed by atoms with Crippen LogP contribution in [-0.2, 0) is 19.8 Å². The number of hydrogen-bond donors (Lipinski definition) is 1. The smallest absolute Gasteiger partial charge is 0.281 e. The number of benzene rings is 1. The third-order valence-corrected chi connectivity index (χ3v) is 6.97. The molecule has 3 rings (SSSR count). The van der Waals surface area contributed by atoms with E-state index >= 15 is 0 Å². The van der Waals surface area contributed by atoms with Crippen LogP contribution < -0.4 is 10.2 Å². The van der Waals surface area contributed by atoms with Crippen LogP contribution in [0, 0.1) is 5.92 Å². The zero-order valence-electron chi connectivity index (χ0n) is 15.7. The van der Waals surface area contributed by atoms with Crippen molar-refractivity contribution < 1.29 is 18.0 Å². The molecule has 9 heteroatoms. The molecule has 2 aliphatic rings. The lowest BCUT2D eigenvalue weighted by Crippen LogP contribution is -2.47. The van der Waals surface area contributed by atoms with Gasteiger partial charge in [-0.15, -0.1) is 0 Å². The van der Waals surface area contributed by atoms with E-state index in [0.717, 1.165) is 18.7 Å². The number of carbonyl (C=O) groups excluding carboxylic acids is 2. The monoisotopic (exact) mass is 394 g/mol. The standard InChI is InChI=1S/C18H26N4O4S/c1-20(2)27(25,26)21-11-3-5-14(13-21)18(24)19-15-7-9-16(10-8-15)22-12-4-6-17(22)23/h7-10,14H,3-6,11-13H2,1-2H3,(H,19,24)/t14-/m1/s1. The number of amides is 2. The van der Waals surface area contributed by atoms with E-state index < -0.39 is 10.2 Å². The minimum Gasteiger partial charge on any atom is -0.326 e. The normalized spacial score (nSPS) is 21.7. The maximum Gasteiger partial charge on any atom is 0.281 e. The largest absolute Gasteiger partial charge is 0.326 e. The van der Waals surface area contributed by atoms with Crippen molar-refractivity contribution in [3.63, 3.8) is 0 Å². The Bertz CT molecular complexity index is 807. The summed E-state index contributed by atoms with van der Waals surface area (Å²) in [6.45, 7) is 1.35. The van der Waals surface area contributed by atoms with E-state index in [4.69, 9.17) is 0 Å². The van der Waals surface area contributed by atoms with Crippen LogP contribution in [0.4, 0.5) is 11.4 Å². The number of nitrogens with one attached hydrogen (secondary N) is 1. The van der Waals surface area contributed by atoms with Gasteiger partial charge in [-0.25, -0.2) is 0 Å². The summed E-state index contributed by atoms with van der Waals surface area (Å²) in [5.74, 6) is -0.442. The third-order valence-electron chi connectivity index (χ3n) is 5.06. The fourth-order valence-electron chi connectivity index (χ4n) is 3.49. The molecule has 0 spiro atoms. The predicted molar refractivity (Wildman–Crippen MR) is 104 cm³/mol. The molecule has 8 nitrogen and oxygen atoms in total. The number of nitrogens with zero attached hydrogens (tertiary/aromatic N) is 3. The first-order valence-electron chi connectivity index (χ1n) is 9.18. The molecule has 0 radical (unpaired) electrons. The molecule has 1 N–H and O–H groups in total. The quantitative estimate of drug-likeness (QED) is 0.814. The molecule has 148 valence electrons. The molecule has 2 amide bonds. The highest BCUT2D eigenvalue weighted by atomic mass is 32.2. The first-order valence-corrected chi connectivity index (χ1v) is 10.6. The van der Waals surface area contributed by atoms with Gasteiger partial charge in [0.1, 0.15) is 0 Å². The zero-order valence-corrected chi connectivity index (χ0v) is 16.5. The molecule has 2 heterocycles. The first-order chi connectivity index (χ1) is 12.8. The fraction of sp³-hybridized carbons (Fsp3) is 0.556. The lowest BCUT2D eigenvalue weighted by Gasteiger charge is -2.32. The first kappa shape index (κ1) is 19.8. The average molecular weight is 394 g/mol. The molecule has 2 aliphatic heterocycles. The molecular formula is C18H26N4O4S. The Morgan fingerprint density at radius 3 is 2.44 bits per heavy atom. The van der Waals surface area contributed by atoms with Crippen LogP contribution in [0.15, 0.2) is 24.3 Å². The third kappa shape index (κ3) is 4.31. The van der Waals surface area contributed by atoms with E-state index in [1.165, 1.54) is 22.7 Å². The second kappa shape index (κ2) is 7.95. The van der Waals surface area contributed by atoms with Gasteiger partial charge < -0.3 is 10.2 Å². The summed E-state index contributed by atoms with van der Waals surface area (Å²) >= 11 is 0. The van der Waals surface area contributed by atoms with Gasteiger partial charge in [0.15, 0.2) is 0 Å². The van der Waals surface area contributed by atoms with Crippen LogP contribution in [0.3, 0.4) is 0 Å². The van der Waals surface area contributed by atoms with Crippen molar-refractivity contribution in [2.75, 3.05) is 43.9 Å². The second-order valence-electron chi connectivity index (χ2n) is 7.17. The molecule has 2 fully saturated rings. The van der Waals surface area contributed by atoms with Crippen molar-refractivity contribution in [2.24, 2.45) is 5.92 Å². The van der Waals surface area contributed by atoms with Gasteiger partial charge in [0.2, 0.25) is 11.8 Å². The van der Waals surface area contributed by atoms with E-state index in [2.05, 4.69) is 5.32 Å². The molecule has 0 bridgehead atoms. The van der Waals surface area contributed by atoms with E-state index in [9.17, 15) is 18.0 Å². The number of hydrogen-bond acceptors (Lipinski definition) is 4. The summed E-state index contributed by atoms with van der Waals surface area (Å²) in [5.41, 5.74) is 1.47. The number of rotatable bonds is 5. The van der Waals surface area contributed by atoms with Gasteiger partial charge in [0.05, 0.1) is 5.92 Å². The van der Waals surface area contributed by atoms with Crippen LogP contribution in [-0.4, -0.2) is 62.6 Å². The molecule has 1 aromatic rings. The molecule has 0 saturated carbocycles. The highest BCUT2D eigenvalue weighted by molar-refractivity contribution is 7.86. The fourth-order valence-corrected chi connectivity index (χ4v) is 4.68. The summed E-state index contributed by atoms with van der Waals surface area (Å²) < 4.78 is 27.1. The highest BCUT2D eigenvalue weighted by Gasteiger charge is 2.33. The van der Waals surface area contributed by atoms with Crippen molar-refractivity contribution in [2.45, 2.75) is 25.7 Å². The summed E-state index contributed by atoms with van der Waals surface area (Å²) in [6.07, 6.45) is 2.75. The molecule has 0 unspecified atom stereocenters. The van der Waals surface area contributed by atoms with Gasteiger partial charge in [-0.05, 0) is 43.5 Å². The van der Waals surface area contributed by atoms with Gasteiger partial charge in [0.25, 0.3) is 10.2 Å². The second-order valence-corrected chi connectivity index (χ2v) is 9.31. The maximum atomic E-state index is 12.6. The van der Waals surface area contributed by atoms with Gasteiger partial charge in [-0.3, -0.25) is 9.59 Å². The Kier molecular flexibility index (Phi) is 5.83. The van der Waals surface area contributed by atoms with Crippen LogP contribution in [0.1, 0.15) is 25.7 Å². The van der Waals surface area contributed by atoms with Crippen LogP contribution in [0.5, 0.6) is 0 Å². The molecular weight excluding hydrogens is 368 g/mol. The molecule has 1 aromatic carbocycles. The molecule has 2 saturated heterocycles. The molecule has 1 atom stereocenters. The van der Waals surface area contributed by atoms with Crippen molar-refractivity contribution >= 4 is 33.4 Å². The molecule has 0 aromatic heterocycles. The van der Waals surface area contributed by atoms with E-state index in [0.29, 0.717) is 31.5 Å². The number of anilines is 2. The molecule has 0 aliphatic carbocycles. The lowest BCUT2D eigenvalue weighted by atomic mass is 9.98. The number of piperidine rings is 1. The predicted octanol–water partition coefficient (Wildman–Crippen LogP) is 1.27. The van der Waals surface area contributed by atoms with E-state index in [-0.39, 0.29) is 24.3 Å². The van der Waals surface area contributed by atoms with Gasteiger partial charge in [-0.1, -0.05) is 0 Å². The minimum absolute atomic E-state index is 0.121. The Balaban J connectivity index is 1.62. The van der Waals surface area contributed by atoms with Crippen molar-refractivity contribution in [1.82, 2.24) is 8.61 Å². The summed E-state index contributed by atoms with van der Waals surface area (Å²) in [7, 11) is -0.527. The van der Waals surface area contributed by atoms with Crippen LogP contribution in [0.2, 0.25) is 0 Å². The summed E-state index contributed by atoms with van der Waals surface area (Å²) in [4.78, 5) is 26.1. The Hall–Kier alpha value is -1.97. The minimum atomic E-state index is -3.51. The number of carbonyl (C=O) groups is 2. The summed E-state index contributed by atoms with van der Waals surface area (Å²) in [6, 6.07) is 7.19. The highest BCUT2D eigenvalue weighted by Crippen LogP contribution is 2.25. The molecule has 27 heavy (non-hydrogen) atoms. The van der Waals surface area contributed by atoms with E-state index in [1.54, 1.807) is 17.0 Å². The maximum absolute atomic E-state index is 12.6. The van der Waals surface area contributed by atoms with Gasteiger partial charge in [-0.2, -0.15) is 17.0 Å². The lowest BCUT2D eigenvalue weighted by molar-refractivity contribution is -0.121. The van der Waals surface area contributed by atoms with Crippen LogP contribution >= 0.6 is 0 Å². The van der Waals surface area contributed by atoms with Crippen LogP contribution in [0.25, 0.3) is 0 Å².